The molecule has 1 unspecified atom stereocenters. The van der Waals surface area contributed by atoms with E-state index in [9.17, 15) is 0 Å². The molecule has 148 valence electrons. The van der Waals surface area contributed by atoms with Crippen LogP contribution >= 0.6 is 35.3 Å². The van der Waals surface area contributed by atoms with Gasteiger partial charge in [-0.1, -0.05) is 12.1 Å². The molecule has 2 aromatic rings. The smallest absolute Gasteiger partial charge is 0.193 e. The Balaban J connectivity index is 0.00000261. The lowest BCUT2D eigenvalue weighted by atomic mass is 9.98. The Morgan fingerprint density at radius 3 is 2.70 bits per heavy atom. The number of hydrogen-bond donors (Lipinski definition) is 1. The number of rotatable bonds is 5. The summed E-state index contributed by atoms with van der Waals surface area (Å²) in [6.45, 7) is 2.68. The number of halogens is 1. The fourth-order valence-corrected chi connectivity index (χ4v) is 3.94. The number of hydrogen-bond acceptors (Lipinski definition) is 5. The Hall–Kier alpha value is -1.55. The van der Waals surface area contributed by atoms with Gasteiger partial charge in [-0.3, -0.25) is 4.99 Å². The van der Waals surface area contributed by atoms with E-state index in [0.717, 1.165) is 42.0 Å². The first-order valence-corrected chi connectivity index (χ1v) is 9.70. The molecule has 6 nitrogen and oxygen atoms in total. The SMILES string of the molecule is CN=C(NCc1csc(N(C)C)n1)N1CCC(c2ccc(OC)cc2)C1.I. The Morgan fingerprint density at radius 1 is 1.37 bits per heavy atom. The van der Waals surface area contributed by atoms with Crippen LogP contribution in [-0.4, -0.2) is 57.2 Å². The van der Waals surface area contributed by atoms with Crippen LogP contribution in [-0.2, 0) is 6.54 Å². The normalized spacial score (nSPS) is 16.8. The number of thiazole rings is 1. The van der Waals surface area contributed by atoms with Gasteiger partial charge in [-0.2, -0.15) is 0 Å². The molecular weight excluding hydrogens is 473 g/mol. The van der Waals surface area contributed by atoms with Crippen LogP contribution in [0.1, 0.15) is 23.6 Å². The summed E-state index contributed by atoms with van der Waals surface area (Å²) < 4.78 is 5.25. The molecule has 1 saturated heterocycles. The maximum absolute atomic E-state index is 5.25. The van der Waals surface area contributed by atoms with Gasteiger partial charge in [-0.05, 0) is 24.1 Å². The molecule has 0 saturated carbocycles. The van der Waals surface area contributed by atoms with Crippen molar-refractivity contribution in [2.75, 3.05) is 46.2 Å². The minimum absolute atomic E-state index is 0. The number of ether oxygens (including phenoxy) is 1. The summed E-state index contributed by atoms with van der Waals surface area (Å²) in [5, 5.41) is 6.57. The van der Waals surface area contributed by atoms with Gasteiger partial charge in [0.05, 0.1) is 19.3 Å². The highest BCUT2D eigenvalue weighted by molar-refractivity contribution is 14.0. The van der Waals surface area contributed by atoms with Crippen LogP contribution in [0.25, 0.3) is 0 Å². The van der Waals surface area contributed by atoms with E-state index in [1.54, 1.807) is 18.4 Å². The van der Waals surface area contributed by atoms with E-state index in [0.29, 0.717) is 12.5 Å². The lowest BCUT2D eigenvalue weighted by molar-refractivity contribution is 0.414. The lowest BCUT2D eigenvalue weighted by Gasteiger charge is -2.21. The van der Waals surface area contributed by atoms with E-state index in [-0.39, 0.29) is 24.0 Å². The second-order valence-corrected chi connectivity index (χ2v) is 7.46. The van der Waals surface area contributed by atoms with Gasteiger partial charge < -0.3 is 19.9 Å². The van der Waals surface area contributed by atoms with Crippen molar-refractivity contribution in [3.63, 3.8) is 0 Å². The number of guanidine groups is 1. The van der Waals surface area contributed by atoms with Crippen molar-refractivity contribution in [2.24, 2.45) is 4.99 Å². The fourth-order valence-electron chi connectivity index (χ4n) is 3.19. The van der Waals surface area contributed by atoms with Gasteiger partial charge in [-0.25, -0.2) is 4.98 Å². The van der Waals surface area contributed by atoms with Crippen molar-refractivity contribution < 1.29 is 4.74 Å². The Kier molecular flexibility index (Phi) is 8.15. The molecule has 1 aliphatic rings. The van der Waals surface area contributed by atoms with E-state index < -0.39 is 0 Å². The minimum atomic E-state index is 0. The Bertz CT molecular complexity index is 747. The standard InChI is InChI=1S/C19H27N5OS.HI/c1-20-18(21-11-16-13-26-19(22-16)23(2)3)24-10-9-15(12-24)14-5-7-17(25-4)8-6-14;/h5-8,13,15H,9-12H2,1-4H3,(H,20,21);1H. The average molecular weight is 501 g/mol. The summed E-state index contributed by atoms with van der Waals surface area (Å²) in [6, 6.07) is 8.41. The number of nitrogens with zero attached hydrogens (tertiary/aromatic N) is 4. The number of aliphatic imine (C=N–C) groups is 1. The van der Waals surface area contributed by atoms with Crippen LogP contribution in [0.15, 0.2) is 34.6 Å². The van der Waals surface area contributed by atoms with Gasteiger partial charge >= 0.3 is 0 Å². The zero-order valence-electron chi connectivity index (χ0n) is 16.3. The number of nitrogens with one attached hydrogen (secondary N) is 1. The van der Waals surface area contributed by atoms with Gasteiger partial charge in [0.15, 0.2) is 11.1 Å². The van der Waals surface area contributed by atoms with Crippen molar-refractivity contribution in [1.29, 1.82) is 0 Å². The third kappa shape index (κ3) is 5.47. The largest absolute Gasteiger partial charge is 0.497 e. The van der Waals surface area contributed by atoms with Crippen molar-refractivity contribution >= 4 is 46.4 Å². The van der Waals surface area contributed by atoms with Gasteiger partial charge in [0, 0.05) is 45.5 Å². The lowest BCUT2D eigenvalue weighted by Crippen LogP contribution is -2.39. The molecule has 1 aromatic heterocycles. The first kappa shape index (κ1) is 21.7. The van der Waals surface area contributed by atoms with E-state index in [1.807, 2.05) is 38.2 Å². The second kappa shape index (κ2) is 10.1. The predicted molar refractivity (Wildman–Crippen MR) is 124 cm³/mol. The Labute approximate surface area is 182 Å². The monoisotopic (exact) mass is 501 g/mol. The first-order chi connectivity index (χ1) is 12.6. The van der Waals surface area contributed by atoms with Crippen LogP contribution in [0.3, 0.4) is 0 Å². The minimum Gasteiger partial charge on any atom is -0.497 e. The number of methoxy groups -OCH3 is 1. The summed E-state index contributed by atoms with van der Waals surface area (Å²) in [4.78, 5) is 13.4. The fraction of sp³-hybridized carbons (Fsp3) is 0.474. The predicted octanol–water partition coefficient (Wildman–Crippen LogP) is 3.40. The van der Waals surface area contributed by atoms with Crippen LogP contribution < -0.4 is 15.0 Å². The molecule has 0 amide bonds. The number of benzene rings is 1. The van der Waals surface area contributed by atoms with Crippen molar-refractivity contribution in [3.8, 4) is 5.75 Å². The highest BCUT2D eigenvalue weighted by atomic mass is 127. The molecule has 8 heteroatoms. The van der Waals surface area contributed by atoms with Crippen LogP contribution in [0.5, 0.6) is 5.75 Å². The van der Waals surface area contributed by atoms with Gasteiger partial charge in [0.25, 0.3) is 0 Å². The zero-order chi connectivity index (χ0) is 18.5. The summed E-state index contributed by atoms with van der Waals surface area (Å²) in [5.74, 6) is 2.38. The van der Waals surface area contributed by atoms with Gasteiger partial charge in [-0.15, -0.1) is 35.3 Å². The maximum atomic E-state index is 5.25. The van der Waals surface area contributed by atoms with E-state index >= 15 is 0 Å². The molecule has 1 aromatic carbocycles. The molecule has 27 heavy (non-hydrogen) atoms. The van der Waals surface area contributed by atoms with Crippen molar-refractivity contribution in [2.45, 2.75) is 18.9 Å². The zero-order valence-corrected chi connectivity index (χ0v) is 19.5. The molecule has 2 heterocycles. The average Bonchev–Trinajstić information content (AvgIpc) is 3.32. The molecule has 0 bridgehead atoms. The maximum Gasteiger partial charge on any atom is 0.193 e. The quantitative estimate of drug-likeness (QED) is 0.387. The molecule has 0 aliphatic carbocycles. The molecule has 1 atom stereocenters. The summed E-state index contributed by atoms with van der Waals surface area (Å²) >= 11 is 1.66. The highest BCUT2D eigenvalue weighted by Crippen LogP contribution is 2.28. The third-order valence-corrected chi connectivity index (χ3v) is 5.69. The summed E-state index contributed by atoms with van der Waals surface area (Å²) in [6.07, 6.45) is 1.13. The highest BCUT2D eigenvalue weighted by Gasteiger charge is 2.26. The number of likely N-dealkylation sites (tertiary alicyclic amines) is 1. The number of anilines is 1. The second-order valence-electron chi connectivity index (χ2n) is 6.62. The summed E-state index contributed by atoms with van der Waals surface area (Å²) in [5.41, 5.74) is 2.41. The van der Waals surface area contributed by atoms with Crippen LogP contribution in [0.4, 0.5) is 5.13 Å². The van der Waals surface area contributed by atoms with E-state index in [4.69, 9.17) is 4.74 Å². The summed E-state index contributed by atoms with van der Waals surface area (Å²) in [7, 11) is 7.57. The van der Waals surface area contributed by atoms with E-state index in [2.05, 4.69) is 37.7 Å². The van der Waals surface area contributed by atoms with Crippen molar-refractivity contribution in [1.82, 2.24) is 15.2 Å². The van der Waals surface area contributed by atoms with Gasteiger partial charge in [0.1, 0.15) is 5.75 Å². The first-order valence-electron chi connectivity index (χ1n) is 8.82. The van der Waals surface area contributed by atoms with Gasteiger partial charge in [0.2, 0.25) is 0 Å². The van der Waals surface area contributed by atoms with Crippen LogP contribution in [0.2, 0.25) is 0 Å². The molecular formula is C19H28IN5OS. The molecule has 0 spiro atoms. The third-order valence-electron chi connectivity index (χ3n) is 4.64. The van der Waals surface area contributed by atoms with Crippen molar-refractivity contribution in [3.05, 3.63) is 40.9 Å². The topological polar surface area (TPSA) is 53.0 Å². The molecule has 3 rings (SSSR count). The molecule has 1 N–H and O–H groups in total. The Morgan fingerprint density at radius 2 is 2.11 bits per heavy atom. The number of aromatic nitrogens is 1. The molecule has 1 fully saturated rings. The molecule has 1 aliphatic heterocycles. The van der Waals surface area contributed by atoms with E-state index in [1.165, 1.54) is 5.56 Å². The van der Waals surface area contributed by atoms with Crippen LogP contribution in [0, 0.1) is 0 Å². The molecule has 0 radical (unpaired) electrons.